The third-order valence-electron chi connectivity index (χ3n) is 5.33. The lowest BCUT2D eigenvalue weighted by Gasteiger charge is -2.14. The van der Waals surface area contributed by atoms with Gasteiger partial charge in [0, 0.05) is 33.9 Å². The second-order valence-corrected chi connectivity index (χ2v) is 7.53. The van der Waals surface area contributed by atoms with Gasteiger partial charge in [-0.05, 0) is 54.6 Å². The van der Waals surface area contributed by atoms with E-state index in [4.69, 9.17) is 9.72 Å². The van der Waals surface area contributed by atoms with Crippen LogP contribution in [0.15, 0.2) is 97.1 Å². The first-order chi connectivity index (χ1) is 16.2. The summed E-state index contributed by atoms with van der Waals surface area (Å²) in [6.07, 6.45) is 0. The molecule has 0 atom stereocenters. The van der Waals surface area contributed by atoms with Crippen molar-refractivity contribution in [3.8, 4) is 5.75 Å². The first kappa shape index (κ1) is 20.3. The Hall–Kier alpha value is -4.58. The van der Waals surface area contributed by atoms with Gasteiger partial charge in [0.15, 0.2) is 0 Å². The number of pyridine rings is 1. The first-order valence-corrected chi connectivity index (χ1v) is 10.6. The fraction of sp³-hybridized carbons (Fsp3) is 0.0370. The fourth-order valence-electron chi connectivity index (χ4n) is 3.73. The molecule has 0 aliphatic rings. The van der Waals surface area contributed by atoms with Crippen molar-refractivity contribution in [3.63, 3.8) is 0 Å². The number of para-hydroxylation sites is 2. The van der Waals surface area contributed by atoms with E-state index in [0.717, 1.165) is 44.6 Å². The summed E-state index contributed by atoms with van der Waals surface area (Å²) in [5.41, 5.74) is 5.06. The molecule has 0 radical (unpaired) electrons. The van der Waals surface area contributed by atoms with Crippen LogP contribution in [-0.2, 0) is 0 Å². The molecule has 0 unspecified atom stereocenters. The number of ether oxygens (including phenoxy) is 1. The molecule has 33 heavy (non-hydrogen) atoms. The van der Waals surface area contributed by atoms with Gasteiger partial charge in [-0.25, -0.2) is 9.78 Å². The van der Waals surface area contributed by atoms with Crippen LogP contribution in [-0.4, -0.2) is 18.1 Å². The van der Waals surface area contributed by atoms with Gasteiger partial charge in [-0.3, -0.25) is 0 Å². The number of nitrogens with one attached hydrogen (secondary N) is 3. The molecule has 5 rings (SSSR count). The molecule has 6 nitrogen and oxygen atoms in total. The number of anilines is 4. The van der Waals surface area contributed by atoms with Crippen LogP contribution in [0, 0.1) is 0 Å². The largest absolute Gasteiger partial charge is 0.497 e. The molecule has 6 heteroatoms. The van der Waals surface area contributed by atoms with Crippen LogP contribution in [0.2, 0.25) is 0 Å². The average molecular weight is 434 g/mol. The Morgan fingerprint density at radius 2 is 1.33 bits per heavy atom. The Kier molecular flexibility index (Phi) is 5.47. The topological polar surface area (TPSA) is 75.3 Å². The van der Waals surface area contributed by atoms with Crippen molar-refractivity contribution in [1.82, 2.24) is 4.98 Å². The van der Waals surface area contributed by atoms with E-state index in [2.05, 4.69) is 22.0 Å². The van der Waals surface area contributed by atoms with E-state index in [9.17, 15) is 4.79 Å². The highest BCUT2D eigenvalue weighted by molar-refractivity contribution is 6.09. The molecule has 0 saturated carbocycles. The predicted octanol–water partition coefficient (Wildman–Crippen LogP) is 6.78. The first-order valence-electron chi connectivity index (χ1n) is 10.6. The third-order valence-corrected chi connectivity index (χ3v) is 5.33. The molecule has 162 valence electrons. The molecule has 3 N–H and O–H groups in total. The highest BCUT2D eigenvalue weighted by atomic mass is 16.5. The molecule has 0 spiro atoms. The van der Waals surface area contributed by atoms with E-state index < -0.39 is 0 Å². The SMILES string of the molecule is COc1ccc2c(Nc3ccc(NC(=O)Nc4ccccc4)cc3)c3ccccc3nc2c1. The van der Waals surface area contributed by atoms with Crippen molar-refractivity contribution < 1.29 is 9.53 Å². The van der Waals surface area contributed by atoms with E-state index in [1.165, 1.54) is 0 Å². The van der Waals surface area contributed by atoms with E-state index in [-0.39, 0.29) is 6.03 Å². The standard InChI is InChI=1S/C27H22N4O2/c1-33-21-15-16-23-25(17-21)31-24-10-6-5-9-22(24)26(23)28-19-11-13-20(14-12-19)30-27(32)29-18-7-3-2-4-8-18/h2-17H,1H3,(H,28,31)(H2,29,30,32). The van der Waals surface area contributed by atoms with Gasteiger partial charge >= 0.3 is 6.03 Å². The van der Waals surface area contributed by atoms with Crippen LogP contribution in [0.5, 0.6) is 5.75 Å². The number of carbonyl (C=O) groups excluding carboxylic acids is 1. The van der Waals surface area contributed by atoms with Crippen LogP contribution in [0.3, 0.4) is 0 Å². The van der Waals surface area contributed by atoms with Crippen molar-refractivity contribution in [1.29, 1.82) is 0 Å². The molecular formula is C27H22N4O2. The normalized spacial score (nSPS) is 10.7. The maximum atomic E-state index is 12.2. The maximum Gasteiger partial charge on any atom is 0.323 e. The Labute approximate surface area is 191 Å². The molecule has 0 fully saturated rings. The second kappa shape index (κ2) is 8.88. The number of urea groups is 1. The minimum Gasteiger partial charge on any atom is -0.497 e. The predicted molar refractivity (Wildman–Crippen MR) is 135 cm³/mol. The summed E-state index contributed by atoms with van der Waals surface area (Å²) in [5.74, 6) is 0.764. The van der Waals surface area contributed by atoms with E-state index in [1.807, 2.05) is 91.0 Å². The number of carbonyl (C=O) groups is 1. The number of hydrogen-bond donors (Lipinski definition) is 3. The minimum atomic E-state index is -0.290. The Morgan fingerprint density at radius 1 is 0.697 bits per heavy atom. The number of methoxy groups -OCH3 is 1. The van der Waals surface area contributed by atoms with Gasteiger partial charge in [0.25, 0.3) is 0 Å². The second-order valence-electron chi connectivity index (χ2n) is 7.53. The Morgan fingerprint density at radius 3 is 2.09 bits per heavy atom. The lowest BCUT2D eigenvalue weighted by molar-refractivity contribution is 0.262. The van der Waals surface area contributed by atoms with Crippen molar-refractivity contribution in [2.75, 3.05) is 23.1 Å². The Bertz CT molecular complexity index is 1430. The molecular weight excluding hydrogens is 412 g/mol. The van der Waals surface area contributed by atoms with Gasteiger partial charge in [-0.1, -0.05) is 36.4 Å². The quantitative estimate of drug-likeness (QED) is 0.266. The van der Waals surface area contributed by atoms with E-state index >= 15 is 0 Å². The zero-order valence-corrected chi connectivity index (χ0v) is 18.0. The van der Waals surface area contributed by atoms with Crippen molar-refractivity contribution in [2.24, 2.45) is 0 Å². The van der Waals surface area contributed by atoms with E-state index in [1.54, 1.807) is 7.11 Å². The molecule has 1 heterocycles. The average Bonchev–Trinajstić information content (AvgIpc) is 2.85. The molecule has 0 aliphatic carbocycles. The summed E-state index contributed by atoms with van der Waals surface area (Å²) in [4.78, 5) is 17.0. The smallest absolute Gasteiger partial charge is 0.323 e. The zero-order chi connectivity index (χ0) is 22.6. The zero-order valence-electron chi connectivity index (χ0n) is 18.0. The van der Waals surface area contributed by atoms with Gasteiger partial charge in [-0.2, -0.15) is 0 Å². The van der Waals surface area contributed by atoms with Crippen LogP contribution in [0.1, 0.15) is 0 Å². The van der Waals surface area contributed by atoms with Gasteiger partial charge in [0.05, 0.1) is 23.8 Å². The summed E-state index contributed by atoms with van der Waals surface area (Å²) >= 11 is 0. The number of amides is 2. The van der Waals surface area contributed by atoms with Crippen LogP contribution >= 0.6 is 0 Å². The number of nitrogens with zero attached hydrogens (tertiary/aromatic N) is 1. The molecule has 1 aromatic heterocycles. The van der Waals surface area contributed by atoms with Crippen LogP contribution in [0.4, 0.5) is 27.5 Å². The van der Waals surface area contributed by atoms with Crippen LogP contribution < -0.4 is 20.7 Å². The lowest BCUT2D eigenvalue weighted by atomic mass is 10.1. The Balaban J connectivity index is 1.40. The van der Waals surface area contributed by atoms with Crippen molar-refractivity contribution in [2.45, 2.75) is 0 Å². The van der Waals surface area contributed by atoms with E-state index in [0.29, 0.717) is 5.69 Å². The van der Waals surface area contributed by atoms with Crippen LogP contribution in [0.25, 0.3) is 21.8 Å². The molecule has 0 bridgehead atoms. The minimum absolute atomic E-state index is 0.290. The number of aromatic nitrogens is 1. The summed E-state index contributed by atoms with van der Waals surface area (Å²) in [6, 6.07) is 30.5. The van der Waals surface area contributed by atoms with Crippen molar-refractivity contribution in [3.05, 3.63) is 97.1 Å². The number of fused-ring (bicyclic) bond motifs is 2. The molecule has 4 aromatic carbocycles. The number of rotatable bonds is 5. The summed E-state index contributed by atoms with van der Waals surface area (Å²) in [5, 5.41) is 11.2. The number of benzene rings is 4. The van der Waals surface area contributed by atoms with Gasteiger partial charge in [-0.15, -0.1) is 0 Å². The number of hydrogen-bond acceptors (Lipinski definition) is 4. The maximum absolute atomic E-state index is 12.2. The lowest BCUT2D eigenvalue weighted by Crippen LogP contribution is -2.19. The summed E-state index contributed by atoms with van der Waals surface area (Å²) < 4.78 is 5.37. The van der Waals surface area contributed by atoms with Gasteiger partial charge in [0.2, 0.25) is 0 Å². The molecule has 2 amide bonds. The van der Waals surface area contributed by atoms with Gasteiger partial charge in [0.1, 0.15) is 5.75 Å². The molecule has 0 aliphatic heterocycles. The monoisotopic (exact) mass is 434 g/mol. The highest BCUT2D eigenvalue weighted by Crippen LogP contribution is 2.34. The molecule has 5 aromatic rings. The third kappa shape index (κ3) is 4.41. The molecule has 0 saturated heterocycles. The fourth-order valence-corrected chi connectivity index (χ4v) is 3.73. The highest BCUT2D eigenvalue weighted by Gasteiger charge is 2.11. The van der Waals surface area contributed by atoms with Crippen molar-refractivity contribution >= 4 is 50.6 Å². The van der Waals surface area contributed by atoms with Gasteiger partial charge < -0.3 is 20.7 Å². The summed E-state index contributed by atoms with van der Waals surface area (Å²) in [7, 11) is 1.65. The summed E-state index contributed by atoms with van der Waals surface area (Å²) in [6.45, 7) is 0.